The number of benzene rings is 1. The van der Waals surface area contributed by atoms with Gasteiger partial charge in [-0.15, -0.1) is 11.3 Å². The van der Waals surface area contributed by atoms with Crippen molar-refractivity contribution in [2.24, 2.45) is 0 Å². The van der Waals surface area contributed by atoms with Gasteiger partial charge in [0.15, 0.2) is 0 Å². The lowest BCUT2D eigenvalue weighted by Crippen LogP contribution is -2.19. The maximum Gasteiger partial charge on any atom is 0.332 e. The van der Waals surface area contributed by atoms with E-state index < -0.39 is 17.9 Å². The maximum absolute atomic E-state index is 11.5. The average molecular weight is 302 g/mol. The van der Waals surface area contributed by atoms with Crippen LogP contribution in [0.1, 0.15) is 21.2 Å². The summed E-state index contributed by atoms with van der Waals surface area (Å²) in [6.45, 7) is 1.91. The van der Waals surface area contributed by atoms with Gasteiger partial charge in [0.05, 0.1) is 5.57 Å². The number of aliphatic carboxylic acids is 2. The van der Waals surface area contributed by atoms with Gasteiger partial charge in [-0.05, 0) is 30.7 Å². The first-order chi connectivity index (χ1) is 9.99. The molecule has 0 spiro atoms. The summed E-state index contributed by atoms with van der Waals surface area (Å²) in [4.78, 5) is 24.8. The molecule has 0 fully saturated rings. The van der Waals surface area contributed by atoms with E-state index in [9.17, 15) is 19.8 Å². The normalized spacial score (nSPS) is 12.9. The van der Waals surface area contributed by atoms with E-state index in [1.165, 1.54) is 17.4 Å². The zero-order chi connectivity index (χ0) is 15.4. The molecule has 0 radical (unpaired) electrons. The highest BCUT2D eigenvalue weighted by Crippen LogP contribution is 2.28. The van der Waals surface area contributed by atoms with Crippen molar-refractivity contribution in [3.8, 4) is 0 Å². The van der Waals surface area contributed by atoms with E-state index in [-0.39, 0.29) is 5.57 Å². The van der Waals surface area contributed by atoms with E-state index >= 15 is 0 Å². The van der Waals surface area contributed by atoms with Gasteiger partial charge in [0, 0.05) is 9.75 Å². The van der Waals surface area contributed by atoms with Crippen LogP contribution >= 0.6 is 11.3 Å². The Hall–Kier alpha value is -2.40. The molecule has 2 N–H and O–H groups in total. The molecule has 1 aromatic heterocycles. The van der Waals surface area contributed by atoms with Crippen molar-refractivity contribution in [1.82, 2.24) is 0 Å². The van der Waals surface area contributed by atoms with Crippen LogP contribution in [0.5, 0.6) is 0 Å². The SMILES string of the molecule is Cc1ccc(/C=C(/C(=O)O)C(C(=O)O)c2ccccc2)s1. The molecule has 1 aromatic carbocycles. The summed E-state index contributed by atoms with van der Waals surface area (Å²) in [7, 11) is 0. The van der Waals surface area contributed by atoms with E-state index in [4.69, 9.17) is 0 Å². The number of rotatable bonds is 5. The van der Waals surface area contributed by atoms with E-state index in [2.05, 4.69) is 0 Å². The zero-order valence-corrected chi connectivity index (χ0v) is 12.1. The van der Waals surface area contributed by atoms with Crippen LogP contribution in [0.4, 0.5) is 0 Å². The Morgan fingerprint density at radius 2 is 1.76 bits per heavy atom. The molecule has 0 saturated heterocycles. The van der Waals surface area contributed by atoms with Crippen molar-refractivity contribution in [2.75, 3.05) is 0 Å². The second-order valence-electron chi connectivity index (χ2n) is 4.54. The van der Waals surface area contributed by atoms with Crippen LogP contribution in [-0.4, -0.2) is 22.2 Å². The van der Waals surface area contributed by atoms with Crippen molar-refractivity contribution in [3.63, 3.8) is 0 Å². The Morgan fingerprint density at radius 3 is 2.24 bits per heavy atom. The third kappa shape index (κ3) is 3.58. The van der Waals surface area contributed by atoms with Gasteiger partial charge in [0.2, 0.25) is 0 Å². The molecule has 2 rings (SSSR count). The predicted octanol–water partition coefficient (Wildman–Crippen LogP) is 3.39. The van der Waals surface area contributed by atoms with Gasteiger partial charge in [-0.1, -0.05) is 30.3 Å². The minimum Gasteiger partial charge on any atom is -0.481 e. The molecule has 0 aliphatic rings. The first-order valence-electron chi connectivity index (χ1n) is 6.28. The third-order valence-electron chi connectivity index (χ3n) is 3.00. The Bertz CT molecular complexity index is 685. The fourth-order valence-corrected chi connectivity index (χ4v) is 2.88. The standard InChI is InChI=1S/C16H14O4S/c1-10-7-8-12(21-10)9-13(15(17)18)14(16(19)20)11-5-3-2-4-6-11/h2-9,14H,1H3,(H,17,18)(H,19,20)/b13-9+. The minimum atomic E-state index is -1.22. The second-order valence-corrected chi connectivity index (χ2v) is 5.85. The van der Waals surface area contributed by atoms with Gasteiger partial charge in [0.1, 0.15) is 5.92 Å². The molecule has 0 saturated carbocycles. The van der Waals surface area contributed by atoms with Gasteiger partial charge in [-0.3, -0.25) is 4.79 Å². The zero-order valence-electron chi connectivity index (χ0n) is 11.3. The number of hydrogen-bond donors (Lipinski definition) is 2. The van der Waals surface area contributed by atoms with Crippen molar-refractivity contribution in [3.05, 3.63) is 63.4 Å². The Kier molecular flexibility index (Phi) is 4.55. The molecule has 4 nitrogen and oxygen atoms in total. The monoisotopic (exact) mass is 302 g/mol. The van der Waals surface area contributed by atoms with Gasteiger partial charge in [-0.2, -0.15) is 0 Å². The van der Waals surface area contributed by atoms with Crippen LogP contribution in [0.25, 0.3) is 6.08 Å². The molecule has 21 heavy (non-hydrogen) atoms. The fraction of sp³-hybridized carbons (Fsp3) is 0.125. The highest BCUT2D eigenvalue weighted by molar-refractivity contribution is 7.12. The number of aryl methyl sites for hydroxylation is 1. The molecule has 0 amide bonds. The minimum absolute atomic E-state index is 0.143. The first-order valence-corrected chi connectivity index (χ1v) is 7.09. The summed E-state index contributed by atoms with van der Waals surface area (Å²) < 4.78 is 0. The summed E-state index contributed by atoms with van der Waals surface area (Å²) >= 11 is 1.43. The quantitative estimate of drug-likeness (QED) is 0.830. The van der Waals surface area contributed by atoms with E-state index in [1.807, 2.05) is 13.0 Å². The number of carboxylic acid groups (broad SMARTS) is 2. The molecular weight excluding hydrogens is 288 g/mol. The number of thiophene rings is 1. The molecule has 5 heteroatoms. The number of carbonyl (C=O) groups is 2. The summed E-state index contributed by atoms with van der Waals surface area (Å²) in [5, 5.41) is 18.8. The lowest BCUT2D eigenvalue weighted by atomic mass is 9.90. The molecular formula is C16H14O4S. The summed E-state index contributed by atoms with van der Waals surface area (Å²) in [5.41, 5.74) is 0.308. The molecule has 108 valence electrons. The smallest absolute Gasteiger partial charge is 0.332 e. The average Bonchev–Trinajstić information content (AvgIpc) is 2.84. The van der Waals surface area contributed by atoms with Crippen LogP contribution < -0.4 is 0 Å². The highest BCUT2D eigenvalue weighted by atomic mass is 32.1. The van der Waals surface area contributed by atoms with E-state index in [1.54, 1.807) is 36.4 Å². The fourth-order valence-electron chi connectivity index (χ4n) is 2.05. The first kappa shape index (κ1) is 15.0. The Labute approximate surface area is 126 Å². The summed E-state index contributed by atoms with van der Waals surface area (Å²) in [5.74, 6) is -3.59. The molecule has 0 aliphatic heterocycles. The number of carboxylic acids is 2. The van der Waals surface area contributed by atoms with Crippen LogP contribution in [0, 0.1) is 6.92 Å². The van der Waals surface area contributed by atoms with Crippen LogP contribution in [0.15, 0.2) is 48.0 Å². The van der Waals surface area contributed by atoms with Gasteiger partial charge in [-0.25, -0.2) is 4.79 Å². The predicted molar refractivity (Wildman–Crippen MR) is 81.5 cm³/mol. The maximum atomic E-state index is 11.5. The molecule has 1 heterocycles. The van der Waals surface area contributed by atoms with Crippen LogP contribution in [0.2, 0.25) is 0 Å². The Morgan fingerprint density at radius 1 is 1.10 bits per heavy atom. The van der Waals surface area contributed by atoms with Crippen molar-refractivity contribution in [1.29, 1.82) is 0 Å². The van der Waals surface area contributed by atoms with E-state index in [0.29, 0.717) is 5.56 Å². The van der Waals surface area contributed by atoms with Crippen LogP contribution in [-0.2, 0) is 9.59 Å². The summed E-state index contributed by atoms with van der Waals surface area (Å²) in [6.07, 6.45) is 1.44. The van der Waals surface area contributed by atoms with E-state index in [0.717, 1.165) is 9.75 Å². The molecule has 1 atom stereocenters. The highest BCUT2D eigenvalue weighted by Gasteiger charge is 2.29. The van der Waals surface area contributed by atoms with Gasteiger partial charge >= 0.3 is 11.9 Å². The Balaban J connectivity index is 2.50. The molecule has 0 aliphatic carbocycles. The lowest BCUT2D eigenvalue weighted by molar-refractivity contribution is -0.141. The molecule has 2 aromatic rings. The van der Waals surface area contributed by atoms with Crippen molar-refractivity contribution >= 4 is 29.4 Å². The topological polar surface area (TPSA) is 74.6 Å². The second kappa shape index (κ2) is 6.37. The number of hydrogen-bond acceptors (Lipinski definition) is 3. The van der Waals surface area contributed by atoms with Crippen molar-refractivity contribution in [2.45, 2.75) is 12.8 Å². The van der Waals surface area contributed by atoms with Crippen molar-refractivity contribution < 1.29 is 19.8 Å². The van der Waals surface area contributed by atoms with Gasteiger partial charge in [0.25, 0.3) is 0 Å². The largest absolute Gasteiger partial charge is 0.481 e. The summed E-state index contributed by atoms with van der Waals surface area (Å²) in [6, 6.07) is 12.0. The van der Waals surface area contributed by atoms with Crippen LogP contribution in [0.3, 0.4) is 0 Å². The molecule has 0 bridgehead atoms. The molecule has 1 unspecified atom stereocenters. The lowest BCUT2D eigenvalue weighted by Gasteiger charge is -2.13. The van der Waals surface area contributed by atoms with Gasteiger partial charge < -0.3 is 10.2 Å². The third-order valence-corrected chi connectivity index (χ3v) is 3.94.